The second-order valence-electron chi connectivity index (χ2n) is 7.15. The van der Waals surface area contributed by atoms with Gasteiger partial charge in [-0.3, -0.25) is 0 Å². The number of aromatic nitrogens is 2. The Labute approximate surface area is 137 Å². The summed E-state index contributed by atoms with van der Waals surface area (Å²) in [6, 6.07) is 18.2. The molecule has 0 saturated carbocycles. The van der Waals surface area contributed by atoms with E-state index in [9.17, 15) is 0 Å². The third-order valence-corrected chi connectivity index (χ3v) is 6.23. The summed E-state index contributed by atoms with van der Waals surface area (Å²) in [6.45, 7) is 0. The maximum atomic E-state index is 2.35. The quantitative estimate of drug-likeness (QED) is 0.255. The van der Waals surface area contributed by atoms with E-state index in [2.05, 4.69) is 71.8 Å². The highest BCUT2D eigenvalue weighted by Gasteiger charge is 2.24. The van der Waals surface area contributed by atoms with Crippen LogP contribution in [-0.4, -0.2) is 9.13 Å². The van der Waals surface area contributed by atoms with Gasteiger partial charge in [0.1, 0.15) is 0 Å². The monoisotopic (exact) mass is 306 g/mol. The summed E-state index contributed by atoms with van der Waals surface area (Å²) >= 11 is 0. The van der Waals surface area contributed by atoms with Crippen LogP contribution in [0.5, 0.6) is 0 Å². The van der Waals surface area contributed by atoms with Gasteiger partial charge in [-0.2, -0.15) is 0 Å². The Kier molecular flexibility index (Phi) is 1.57. The van der Waals surface area contributed by atoms with E-state index < -0.39 is 0 Å². The Morgan fingerprint density at radius 3 is 1.00 bits per heavy atom. The maximum absolute atomic E-state index is 2.35. The predicted octanol–water partition coefficient (Wildman–Crippen LogP) is 5.60. The SMILES string of the molecule is Cn1c2ccc3ccc4c5c3c2c2c3c(ccc21)ccc(c35)n4C. The lowest BCUT2D eigenvalue weighted by molar-refractivity contribution is 1.01. The molecule has 5 aromatic carbocycles. The van der Waals surface area contributed by atoms with Crippen molar-refractivity contribution in [2.24, 2.45) is 14.1 Å². The van der Waals surface area contributed by atoms with Crippen molar-refractivity contribution < 1.29 is 0 Å². The first kappa shape index (κ1) is 11.5. The van der Waals surface area contributed by atoms with Gasteiger partial charge in [0.25, 0.3) is 0 Å². The van der Waals surface area contributed by atoms with E-state index in [0.717, 1.165) is 0 Å². The van der Waals surface area contributed by atoms with E-state index in [0.29, 0.717) is 0 Å². The van der Waals surface area contributed by atoms with Gasteiger partial charge in [-0.25, -0.2) is 0 Å². The first-order valence-electron chi connectivity index (χ1n) is 8.43. The molecule has 7 aromatic rings. The van der Waals surface area contributed by atoms with E-state index in [1.807, 2.05) is 0 Å². The maximum Gasteiger partial charge on any atom is 0.0495 e. The minimum Gasteiger partial charge on any atom is -0.344 e. The number of nitrogens with zero attached hydrogens (tertiary/aromatic N) is 2. The van der Waals surface area contributed by atoms with Crippen molar-refractivity contribution in [3.8, 4) is 0 Å². The van der Waals surface area contributed by atoms with E-state index in [1.54, 1.807) is 0 Å². The molecule has 0 N–H and O–H groups in total. The molecule has 24 heavy (non-hydrogen) atoms. The van der Waals surface area contributed by atoms with Gasteiger partial charge in [-0.1, -0.05) is 24.3 Å². The van der Waals surface area contributed by atoms with Gasteiger partial charge in [0, 0.05) is 68.5 Å². The number of rotatable bonds is 0. The van der Waals surface area contributed by atoms with Crippen LogP contribution in [0.1, 0.15) is 0 Å². The van der Waals surface area contributed by atoms with E-state index in [1.165, 1.54) is 65.2 Å². The molecule has 0 aliphatic carbocycles. The zero-order chi connectivity index (χ0) is 15.7. The van der Waals surface area contributed by atoms with Crippen molar-refractivity contribution in [2.45, 2.75) is 0 Å². The summed E-state index contributed by atoms with van der Waals surface area (Å²) in [7, 11) is 4.39. The Bertz CT molecular complexity index is 1330. The molecule has 0 spiro atoms. The average molecular weight is 306 g/mol. The topological polar surface area (TPSA) is 9.86 Å². The van der Waals surface area contributed by atoms with E-state index in [4.69, 9.17) is 0 Å². The third kappa shape index (κ3) is 0.938. The van der Waals surface area contributed by atoms with Crippen LogP contribution >= 0.6 is 0 Å². The molecule has 0 fully saturated rings. The number of hydrogen-bond acceptors (Lipinski definition) is 0. The van der Waals surface area contributed by atoms with E-state index in [-0.39, 0.29) is 0 Å². The van der Waals surface area contributed by atoms with Gasteiger partial charge in [0.2, 0.25) is 0 Å². The standard InChI is InChI=1S/C22H14N2/c1-23-13-7-3-11-5-9-15-21-17(11)19(13)20-14(23)8-4-12-6-10-16(24(15)2)22(21)18(12)20/h3-10H,1-2H3. The molecule has 0 aliphatic heterocycles. The molecule has 2 nitrogen and oxygen atoms in total. The summed E-state index contributed by atoms with van der Waals surface area (Å²) in [5.41, 5.74) is 5.35. The van der Waals surface area contributed by atoms with Gasteiger partial charge in [-0.15, -0.1) is 0 Å². The lowest BCUT2D eigenvalue weighted by Gasteiger charge is -2.11. The first-order chi connectivity index (χ1) is 11.8. The Hall–Kier alpha value is -3.00. The highest BCUT2D eigenvalue weighted by atomic mass is 14.9. The van der Waals surface area contributed by atoms with Crippen molar-refractivity contribution >= 4 is 65.2 Å². The van der Waals surface area contributed by atoms with Crippen LogP contribution < -0.4 is 0 Å². The van der Waals surface area contributed by atoms with Crippen LogP contribution in [0.4, 0.5) is 0 Å². The lowest BCUT2D eigenvalue weighted by atomic mass is 9.90. The molecule has 0 unspecified atom stereocenters. The smallest absolute Gasteiger partial charge is 0.0495 e. The molecule has 0 radical (unpaired) electrons. The molecule has 0 atom stereocenters. The normalized spacial score (nSPS) is 13.4. The second kappa shape index (κ2) is 3.27. The molecular formula is C22H14N2. The first-order valence-corrected chi connectivity index (χ1v) is 8.43. The molecule has 0 amide bonds. The van der Waals surface area contributed by atoms with Gasteiger partial charge >= 0.3 is 0 Å². The zero-order valence-corrected chi connectivity index (χ0v) is 13.5. The highest BCUT2D eigenvalue weighted by molar-refractivity contribution is 6.44. The van der Waals surface area contributed by atoms with Crippen molar-refractivity contribution in [3.63, 3.8) is 0 Å². The summed E-state index contributed by atoms with van der Waals surface area (Å²) in [4.78, 5) is 0. The average Bonchev–Trinajstić information content (AvgIpc) is 3.08. The predicted molar refractivity (Wildman–Crippen MR) is 103 cm³/mol. The van der Waals surface area contributed by atoms with Gasteiger partial charge in [-0.05, 0) is 35.0 Å². The van der Waals surface area contributed by atoms with Crippen LogP contribution in [0.2, 0.25) is 0 Å². The minimum absolute atomic E-state index is 1.34. The van der Waals surface area contributed by atoms with E-state index >= 15 is 0 Å². The van der Waals surface area contributed by atoms with Crippen LogP contribution in [0.15, 0.2) is 48.5 Å². The molecular weight excluding hydrogens is 292 g/mol. The lowest BCUT2D eigenvalue weighted by Crippen LogP contribution is -1.88. The van der Waals surface area contributed by atoms with Crippen LogP contribution in [0.3, 0.4) is 0 Å². The summed E-state index contributed by atoms with van der Waals surface area (Å²) < 4.78 is 4.71. The Balaban J connectivity index is 2.13. The molecule has 112 valence electrons. The fourth-order valence-electron chi connectivity index (χ4n) is 5.18. The van der Waals surface area contributed by atoms with Gasteiger partial charge in [0.05, 0.1) is 0 Å². The third-order valence-electron chi connectivity index (χ3n) is 6.23. The van der Waals surface area contributed by atoms with Crippen LogP contribution in [0, 0.1) is 0 Å². The van der Waals surface area contributed by atoms with Gasteiger partial charge in [0.15, 0.2) is 0 Å². The Morgan fingerprint density at radius 2 is 0.708 bits per heavy atom. The van der Waals surface area contributed by atoms with Gasteiger partial charge < -0.3 is 9.13 Å². The number of aryl methyl sites for hydroxylation is 2. The molecule has 2 heteroatoms. The zero-order valence-electron chi connectivity index (χ0n) is 13.5. The Morgan fingerprint density at radius 1 is 0.417 bits per heavy atom. The fraction of sp³-hybridized carbons (Fsp3) is 0.0909. The van der Waals surface area contributed by atoms with Crippen molar-refractivity contribution in [2.75, 3.05) is 0 Å². The molecule has 7 rings (SSSR count). The molecule has 0 aliphatic rings. The van der Waals surface area contributed by atoms with Crippen LogP contribution in [0.25, 0.3) is 65.2 Å². The summed E-state index contributed by atoms with van der Waals surface area (Å²) in [5, 5.41) is 11.3. The number of benzene rings is 5. The second-order valence-corrected chi connectivity index (χ2v) is 7.15. The van der Waals surface area contributed by atoms with Crippen molar-refractivity contribution in [1.82, 2.24) is 9.13 Å². The minimum atomic E-state index is 1.34. The fourth-order valence-corrected chi connectivity index (χ4v) is 5.18. The molecule has 2 aromatic heterocycles. The van der Waals surface area contributed by atoms with Crippen molar-refractivity contribution in [1.29, 1.82) is 0 Å². The summed E-state index contributed by atoms with van der Waals surface area (Å²) in [5.74, 6) is 0. The highest BCUT2D eigenvalue weighted by Crippen LogP contribution is 2.49. The number of hydrogen-bond donors (Lipinski definition) is 0. The van der Waals surface area contributed by atoms with Crippen LogP contribution in [-0.2, 0) is 14.1 Å². The largest absolute Gasteiger partial charge is 0.344 e. The molecule has 0 bridgehead atoms. The molecule has 2 heterocycles. The van der Waals surface area contributed by atoms with Crippen molar-refractivity contribution in [3.05, 3.63) is 48.5 Å². The molecule has 0 saturated heterocycles. The summed E-state index contributed by atoms with van der Waals surface area (Å²) in [6.07, 6.45) is 0.